The predicted molar refractivity (Wildman–Crippen MR) is 101 cm³/mol. The molecule has 2 aliphatic rings. The fourth-order valence-electron chi connectivity index (χ4n) is 4.52. The van der Waals surface area contributed by atoms with E-state index in [0.717, 1.165) is 25.4 Å². The van der Waals surface area contributed by atoms with Gasteiger partial charge in [0.25, 0.3) is 0 Å². The molecule has 0 aliphatic heterocycles. The lowest BCUT2D eigenvalue weighted by Crippen LogP contribution is -2.44. The average Bonchev–Trinajstić information content (AvgIpc) is 3.34. The lowest BCUT2D eigenvalue weighted by molar-refractivity contribution is 0.184. The third kappa shape index (κ3) is 3.30. The van der Waals surface area contributed by atoms with Gasteiger partial charge in [0, 0.05) is 36.7 Å². The maximum Gasteiger partial charge on any atom is 0.317 e. The number of benzene rings is 1. The molecular weight excluding hydrogens is 310 g/mol. The van der Waals surface area contributed by atoms with Crippen LogP contribution in [-0.4, -0.2) is 35.5 Å². The fourth-order valence-corrected chi connectivity index (χ4v) is 4.52. The average molecular weight is 337 g/mol. The molecule has 2 bridgehead atoms. The molecule has 4 nitrogen and oxygen atoms in total. The van der Waals surface area contributed by atoms with E-state index in [9.17, 15) is 4.79 Å². The van der Waals surface area contributed by atoms with Crippen LogP contribution in [0.1, 0.15) is 25.3 Å². The number of nitrogens with one attached hydrogen (secondary N) is 2. The van der Waals surface area contributed by atoms with Gasteiger partial charge in [0.2, 0.25) is 0 Å². The van der Waals surface area contributed by atoms with E-state index in [-0.39, 0.29) is 6.03 Å². The molecule has 1 heterocycles. The summed E-state index contributed by atoms with van der Waals surface area (Å²) in [4.78, 5) is 17.9. The minimum absolute atomic E-state index is 0.0779. The van der Waals surface area contributed by atoms with E-state index in [1.165, 1.54) is 29.3 Å². The van der Waals surface area contributed by atoms with Gasteiger partial charge >= 0.3 is 6.03 Å². The molecule has 4 rings (SSSR count). The number of hydrogen-bond donors (Lipinski definition) is 2. The topological polar surface area (TPSA) is 48.1 Å². The summed E-state index contributed by atoms with van der Waals surface area (Å²) in [6.07, 6.45) is 10.2. The number of allylic oxidation sites excluding steroid dienone is 2. The van der Waals surface area contributed by atoms with Crippen molar-refractivity contribution in [2.75, 3.05) is 19.6 Å². The van der Waals surface area contributed by atoms with Crippen LogP contribution >= 0.6 is 0 Å². The van der Waals surface area contributed by atoms with Crippen molar-refractivity contribution in [2.24, 2.45) is 17.8 Å². The van der Waals surface area contributed by atoms with Crippen LogP contribution in [0.4, 0.5) is 4.79 Å². The predicted octanol–water partition coefficient (Wildman–Crippen LogP) is 3.95. The van der Waals surface area contributed by atoms with Gasteiger partial charge in [0.15, 0.2) is 0 Å². The summed E-state index contributed by atoms with van der Waals surface area (Å²) in [5.41, 5.74) is 2.46. The first kappa shape index (κ1) is 16.2. The van der Waals surface area contributed by atoms with Crippen LogP contribution in [0.5, 0.6) is 0 Å². The molecule has 1 fully saturated rings. The summed E-state index contributed by atoms with van der Waals surface area (Å²) >= 11 is 0. The van der Waals surface area contributed by atoms with Crippen molar-refractivity contribution in [3.05, 3.63) is 48.2 Å². The SMILES string of the molecule is CCNC(=O)N(CCc1c[nH]c2ccccc12)CC1CC2C=CC1C2. The van der Waals surface area contributed by atoms with Gasteiger partial charge in [-0.25, -0.2) is 4.79 Å². The highest BCUT2D eigenvalue weighted by Gasteiger charge is 2.37. The monoisotopic (exact) mass is 337 g/mol. The lowest BCUT2D eigenvalue weighted by Gasteiger charge is -2.28. The minimum atomic E-state index is 0.0779. The molecule has 1 aromatic carbocycles. The molecule has 2 aliphatic carbocycles. The van der Waals surface area contributed by atoms with E-state index in [1.807, 2.05) is 17.9 Å². The zero-order valence-electron chi connectivity index (χ0n) is 14.9. The van der Waals surface area contributed by atoms with E-state index >= 15 is 0 Å². The summed E-state index contributed by atoms with van der Waals surface area (Å²) in [5.74, 6) is 2.05. The largest absolute Gasteiger partial charge is 0.361 e. The van der Waals surface area contributed by atoms with Crippen LogP contribution in [0, 0.1) is 17.8 Å². The number of rotatable bonds is 6. The van der Waals surface area contributed by atoms with Crippen LogP contribution in [-0.2, 0) is 6.42 Å². The Bertz CT molecular complexity index is 778. The van der Waals surface area contributed by atoms with E-state index < -0.39 is 0 Å². The molecule has 1 saturated carbocycles. The Hall–Kier alpha value is -2.23. The number of aromatic nitrogens is 1. The Balaban J connectivity index is 1.44. The molecule has 2 aromatic rings. The van der Waals surface area contributed by atoms with E-state index in [0.29, 0.717) is 18.4 Å². The van der Waals surface area contributed by atoms with Gasteiger partial charge in [0.1, 0.15) is 0 Å². The number of urea groups is 1. The molecule has 4 heteroatoms. The number of fused-ring (bicyclic) bond motifs is 3. The van der Waals surface area contributed by atoms with Gasteiger partial charge < -0.3 is 15.2 Å². The van der Waals surface area contributed by atoms with Crippen LogP contribution in [0.2, 0.25) is 0 Å². The summed E-state index contributed by atoms with van der Waals surface area (Å²) in [5, 5.41) is 4.26. The molecule has 0 spiro atoms. The van der Waals surface area contributed by atoms with Crippen molar-refractivity contribution >= 4 is 16.9 Å². The van der Waals surface area contributed by atoms with E-state index in [2.05, 4.69) is 46.8 Å². The smallest absolute Gasteiger partial charge is 0.317 e. The van der Waals surface area contributed by atoms with Gasteiger partial charge in [-0.1, -0.05) is 30.4 Å². The Labute approximate surface area is 149 Å². The van der Waals surface area contributed by atoms with Crippen molar-refractivity contribution < 1.29 is 4.79 Å². The maximum atomic E-state index is 12.5. The lowest BCUT2D eigenvalue weighted by atomic mass is 9.93. The number of aromatic amines is 1. The second-order valence-electron chi connectivity index (χ2n) is 7.43. The van der Waals surface area contributed by atoms with Crippen molar-refractivity contribution in [3.8, 4) is 0 Å². The summed E-state index contributed by atoms with van der Waals surface area (Å²) in [6.45, 7) is 4.31. The number of nitrogens with zero attached hydrogens (tertiary/aromatic N) is 1. The molecule has 0 saturated heterocycles. The van der Waals surface area contributed by atoms with Crippen molar-refractivity contribution in [1.29, 1.82) is 0 Å². The second kappa shape index (κ2) is 6.95. The fraction of sp³-hybridized carbons (Fsp3) is 0.476. The van der Waals surface area contributed by atoms with Gasteiger partial charge in [-0.3, -0.25) is 0 Å². The standard InChI is InChI=1S/C21H27N3O/c1-2-22-21(25)24(14-18-12-15-7-8-16(18)11-15)10-9-17-13-23-20-6-4-3-5-19(17)20/h3-8,13,15-16,18,23H,2,9-12,14H2,1H3,(H,22,25). The van der Waals surface area contributed by atoms with Crippen molar-refractivity contribution in [2.45, 2.75) is 26.2 Å². The number of amides is 2. The number of para-hydroxylation sites is 1. The van der Waals surface area contributed by atoms with Gasteiger partial charge in [-0.15, -0.1) is 0 Å². The first-order valence-corrected chi connectivity index (χ1v) is 9.50. The highest BCUT2D eigenvalue weighted by atomic mass is 16.2. The molecule has 132 valence electrons. The third-order valence-electron chi connectivity index (χ3n) is 5.81. The molecule has 2 amide bonds. The summed E-state index contributed by atoms with van der Waals surface area (Å²) in [7, 11) is 0. The van der Waals surface area contributed by atoms with Gasteiger partial charge in [-0.05, 0) is 55.6 Å². The first-order valence-electron chi connectivity index (χ1n) is 9.50. The number of carbonyl (C=O) groups is 1. The summed E-state index contributed by atoms with van der Waals surface area (Å²) in [6, 6.07) is 8.45. The number of hydrogen-bond acceptors (Lipinski definition) is 1. The number of H-pyrrole nitrogens is 1. The number of carbonyl (C=O) groups excluding carboxylic acids is 1. The highest BCUT2D eigenvalue weighted by molar-refractivity contribution is 5.83. The molecule has 3 atom stereocenters. The van der Waals surface area contributed by atoms with Crippen LogP contribution in [0.3, 0.4) is 0 Å². The zero-order chi connectivity index (χ0) is 17.2. The first-order chi connectivity index (χ1) is 12.2. The quantitative estimate of drug-likeness (QED) is 0.770. The van der Waals surface area contributed by atoms with Gasteiger partial charge in [-0.2, -0.15) is 0 Å². The molecule has 0 radical (unpaired) electrons. The second-order valence-corrected chi connectivity index (χ2v) is 7.43. The Kier molecular flexibility index (Phi) is 4.51. The molecular formula is C21H27N3O. The van der Waals surface area contributed by atoms with E-state index in [1.54, 1.807) is 0 Å². The van der Waals surface area contributed by atoms with Crippen LogP contribution < -0.4 is 5.32 Å². The van der Waals surface area contributed by atoms with Gasteiger partial charge in [0.05, 0.1) is 0 Å². The highest BCUT2D eigenvalue weighted by Crippen LogP contribution is 2.43. The minimum Gasteiger partial charge on any atom is -0.361 e. The molecule has 2 N–H and O–H groups in total. The Morgan fingerprint density at radius 3 is 2.92 bits per heavy atom. The molecule has 1 aromatic heterocycles. The molecule has 3 unspecified atom stereocenters. The zero-order valence-corrected chi connectivity index (χ0v) is 14.9. The van der Waals surface area contributed by atoms with Crippen molar-refractivity contribution in [3.63, 3.8) is 0 Å². The van der Waals surface area contributed by atoms with Crippen LogP contribution in [0.15, 0.2) is 42.6 Å². The third-order valence-corrected chi connectivity index (χ3v) is 5.81. The maximum absolute atomic E-state index is 12.5. The summed E-state index contributed by atoms with van der Waals surface area (Å²) < 4.78 is 0. The van der Waals surface area contributed by atoms with E-state index in [4.69, 9.17) is 0 Å². The normalized spacial score (nSPS) is 24.1. The van der Waals surface area contributed by atoms with Crippen molar-refractivity contribution in [1.82, 2.24) is 15.2 Å². The Morgan fingerprint density at radius 1 is 1.28 bits per heavy atom. The Morgan fingerprint density at radius 2 is 2.16 bits per heavy atom. The van der Waals surface area contributed by atoms with Crippen LogP contribution in [0.25, 0.3) is 10.9 Å². The molecule has 25 heavy (non-hydrogen) atoms.